The molecule has 3 N–H and O–H groups in total. The summed E-state index contributed by atoms with van der Waals surface area (Å²) in [4.78, 5) is 22.5. The number of amides is 2. The summed E-state index contributed by atoms with van der Waals surface area (Å²) in [5.41, 5.74) is 8.56. The lowest BCUT2D eigenvalue weighted by molar-refractivity contribution is -0.113. The van der Waals surface area contributed by atoms with Crippen LogP contribution in [0.1, 0.15) is 36.7 Å². The summed E-state index contributed by atoms with van der Waals surface area (Å²) in [5.74, 6) is -0.838. The van der Waals surface area contributed by atoms with Crippen LogP contribution in [0.15, 0.2) is 35.4 Å². The molecule has 0 aliphatic carbocycles. The fourth-order valence-corrected chi connectivity index (χ4v) is 1.31. The van der Waals surface area contributed by atoms with Gasteiger partial charge in [-0.3, -0.25) is 9.59 Å². The van der Waals surface area contributed by atoms with Crippen LogP contribution in [0.25, 0.3) is 6.08 Å². The van der Waals surface area contributed by atoms with Crippen molar-refractivity contribution in [3.8, 4) is 0 Å². The average Bonchev–Trinajstić information content (AvgIpc) is 2.35. The standard InChI is InChI=1S/C15H19N3O2/c1-15(2,3)10-17-18-14(20)12-6-4-5-11(9-12)7-8-13(16)19/h4-10H,1-3H3,(H2,16,19)(H,18,20)/b8-7+,17-10+. The summed E-state index contributed by atoms with van der Waals surface area (Å²) < 4.78 is 0. The lowest BCUT2D eigenvalue weighted by Gasteiger charge is -2.09. The molecule has 5 heteroatoms. The van der Waals surface area contributed by atoms with E-state index in [1.165, 1.54) is 6.08 Å². The largest absolute Gasteiger partial charge is 0.366 e. The number of carbonyl (C=O) groups excluding carboxylic acids is 2. The molecule has 2 amide bonds. The quantitative estimate of drug-likeness (QED) is 0.499. The van der Waals surface area contributed by atoms with Gasteiger partial charge in [-0.2, -0.15) is 5.10 Å². The Bertz CT molecular complexity index is 554. The van der Waals surface area contributed by atoms with Crippen LogP contribution in [0.5, 0.6) is 0 Å². The minimum Gasteiger partial charge on any atom is -0.366 e. The summed E-state index contributed by atoms with van der Waals surface area (Å²) in [6.45, 7) is 5.95. The van der Waals surface area contributed by atoms with Crippen LogP contribution in [0.3, 0.4) is 0 Å². The van der Waals surface area contributed by atoms with Crippen molar-refractivity contribution in [3.63, 3.8) is 0 Å². The summed E-state index contributed by atoms with van der Waals surface area (Å²) in [6, 6.07) is 6.82. The number of hydrogen-bond acceptors (Lipinski definition) is 3. The number of primary amides is 1. The Kier molecular flexibility index (Phi) is 5.20. The first-order chi connectivity index (χ1) is 9.28. The smallest absolute Gasteiger partial charge is 0.271 e. The van der Waals surface area contributed by atoms with Crippen LogP contribution in [0, 0.1) is 5.41 Å². The molecule has 1 aromatic carbocycles. The zero-order valence-corrected chi connectivity index (χ0v) is 11.9. The predicted molar refractivity (Wildman–Crippen MR) is 80.1 cm³/mol. The van der Waals surface area contributed by atoms with Crippen LogP contribution < -0.4 is 11.2 Å². The Morgan fingerprint density at radius 2 is 2.00 bits per heavy atom. The van der Waals surface area contributed by atoms with E-state index >= 15 is 0 Å². The second-order valence-electron chi connectivity index (χ2n) is 5.43. The van der Waals surface area contributed by atoms with E-state index in [2.05, 4.69) is 10.5 Å². The molecule has 0 unspecified atom stereocenters. The van der Waals surface area contributed by atoms with E-state index in [0.29, 0.717) is 5.56 Å². The molecule has 0 radical (unpaired) electrons. The van der Waals surface area contributed by atoms with Gasteiger partial charge in [0.1, 0.15) is 0 Å². The minimum atomic E-state index is -0.533. The first-order valence-corrected chi connectivity index (χ1v) is 6.20. The lowest BCUT2D eigenvalue weighted by Crippen LogP contribution is -2.19. The van der Waals surface area contributed by atoms with E-state index in [0.717, 1.165) is 5.56 Å². The lowest BCUT2D eigenvalue weighted by atomic mass is 9.99. The van der Waals surface area contributed by atoms with Crippen molar-refractivity contribution in [2.45, 2.75) is 20.8 Å². The molecule has 0 saturated carbocycles. The molecule has 1 aromatic rings. The molecule has 5 nitrogen and oxygen atoms in total. The summed E-state index contributed by atoms with van der Waals surface area (Å²) >= 11 is 0. The van der Waals surface area contributed by atoms with Crippen molar-refractivity contribution in [2.24, 2.45) is 16.3 Å². The Hall–Kier alpha value is -2.43. The van der Waals surface area contributed by atoms with Crippen molar-refractivity contribution < 1.29 is 9.59 Å². The highest BCUT2D eigenvalue weighted by Gasteiger charge is 2.07. The monoisotopic (exact) mass is 273 g/mol. The third-order valence-electron chi connectivity index (χ3n) is 2.21. The molecule has 20 heavy (non-hydrogen) atoms. The maximum atomic E-state index is 11.9. The molecule has 0 aliphatic rings. The number of hydrogen-bond donors (Lipinski definition) is 2. The molecule has 106 valence electrons. The van der Waals surface area contributed by atoms with E-state index in [1.54, 1.807) is 36.6 Å². The van der Waals surface area contributed by atoms with E-state index in [-0.39, 0.29) is 11.3 Å². The van der Waals surface area contributed by atoms with Crippen molar-refractivity contribution in [1.29, 1.82) is 0 Å². The minimum absolute atomic E-state index is 0.0979. The predicted octanol–water partition coefficient (Wildman–Crippen LogP) is 1.95. The van der Waals surface area contributed by atoms with Crippen LogP contribution in [0.4, 0.5) is 0 Å². The number of nitrogens with one attached hydrogen (secondary N) is 1. The van der Waals surface area contributed by atoms with Crippen LogP contribution >= 0.6 is 0 Å². The van der Waals surface area contributed by atoms with Crippen LogP contribution in [0.2, 0.25) is 0 Å². The zero-order chi connectivity index (χ0) is 15.2. The molecule has 0 saturated heterocycles. The first kappa shape index (κ1) is 15.6. The van der Waals surface area contributed by atoms with Crippen LogP contribution in [-0.2, 0) is 4.79 Å². The number of benzene rings is 1. The molecule has 0 atom stereocenters. The zero-order valence-electron chi connectivity index (χ0n) is 11.9. The van der Waals surface area contributed by atoms with Gasteiger partial charge in [0.25, 0.3) is 5.91 Å². The summed E-state index contributed by atoms with van der Waals surface area (Å²) in [5, 5.41) is 3.91. The van der Waals surface area contributed by atoms with Gasteiger partial charge in [-0.15, -0.1) is 0 Å². The second-order valence-corrected chi connectivity index (χ2v) is 5.43. The number of carbonyl (C=O) groups is 2. The van der Waals surface area contributed by atoms with Crippen molar-refractivity contribution in [3.05, 3.63) is 41.5 Å². The Labute approximate surface area is 118 Å². The second kappa shape index (κ2) is 6.65. The number of nitrogens with two attached hydrogens (primary N) is 1. The third kappa shape index (κ3) is 5.95. The van der Waals surface area contributed by atoms with Gasteiger partial charge in [-0.25, -0.2) is 5.43 Å². The molecular weight excluding hydrogens is 254 g/mol. The molecule has 1 rings (SSSR count). The van der Waals surface area contributed by atoms with E-state index in [4.69, 9.17) is 5.73 Å². The van der Waals surface area contributed by atoms with Gasteiger partial charge in [0.15, 0.2) is 0 Å². The normalized spacial score (nSPS) is 11.9. The van der Waals surface area contributed by atoms with Gasteiger partial charge in [-0.05, 0) is 29.2 Å². The number of rotatable bonds is 4. The highest BCUT2D eigenvalue weighted by atomic mass is 16.2. The topological polar surface area (TPSA) is 84.6 Å². The fourth-order valence-electron chi connectivity index (χ4n) is 1.31. The van der Waals surface area contributed by atoms with Crippen LogP contribution in [-0.4, -0.2) is 18.0 Å². The number of hydrazone groups is 1. The molecule has 0 fully saturated rings. The van der Waals surface area contributed by atoms with E-state index in [1.807, 2.05) is 20.8 Å². The molecular formula is C15H19N3O2. The maximum absolute atomic E-state index is 11.9. The molecule has 0 spiro atoms. The van der Waals surface area contributed by atoms with Gasteiger partial charge in [0.05, 0.1) is 0 Å². The van der Waals surface area contributed by atoms with Gasteiger partial charge >= 0.3 is 0 Å². The Balaban J connectivity index is 2.77. The van der Waals surface area contributed by atoms with Gasteiger partial charge < -0.3 is 5.73 Å². The average molecular weight is 273 g/mol. The first-order valence-electron chi connectivity index (χ1n) is 6.20. The molecule has 0 aromatic heterocycles. The van der Waals surface area contributed by atoms with Gasteiger partial charge in [0.2, 0.25) is 5.91 Å². The van der Waals surface area contributed by atoms with Gasteiger partial charge in [0, 0.05) is 17.9 Å². The van der Waals surface area contributed by atoms with Gasteiger partial charge in [-0.1, -0.05) is 32.9 Å². The fraction of sp³-hybridized carbons (Fsp3) is 0.267. The Morgan fingerprint density at radius 3 is 2.60 bits per heavy atom. The maximum Gasteiger partial charge on any atom is 0.271 e. The Morgan fingerprint density at radius 1 is 1.30 bits per heavy atom. The molecule has 0 heterocycles. The molecule has 0 bridgehead atoms. The van der Waals surface area contributed by atoms with Crippen molar-refractivity contribution in [2.75, 3.05) is 0 Å². The third-order valence-corrected chi connectivity index (χ3v) is 2.21. The van der Waals surface area contributed by atoms with Crippen molar-refractivity contribution in [1.82, 2.24) is 5.43 Å². The molecule has 0 aliphatic heterocycles. The number of nitrogens with zero attached hydrogens (tertiary/aromatic N) is 1. The summed E-state index contributed by atoms with van der Waals surface area (Å²) in [7, 11) is 0. The summed E-state index contributed by atoms with van der Waals surface area (Å²) in [6.07, 6.45) is 4.47. The SMILES string of the molecule is CC(C)(C)/C=N/NC(=O)c1cccc(/C=C/C(N)=O)c1. The van der Waals surface area contributed by atoms with E-state index in [9.17, 15) is 9.59 Å². The highest BCUT2D eigenvalue weighted by Crippen LogP contribution is 2.09. The van der Waals surface area contributed by atoms with E-state index < -0.39 is 5.91 Å². The highest BCUT2D eigenvalue weighted by molar-refractivity contribution is 5.95. The van der Waals surface area contributed by atoms with Crippen molar-refractivity contribution >= 4 is 24.1 Å².